The summed E-state index contributed by atoms with van der Waals surface area (Å²) in [7, 11) is -2.15. The van der Waals surface area contributed by atoms with Crippen LogP contribution in [0.1, 0.15) is 0 Å². The molecule has 0 spiro atoms. The Hall–Kier alpha value is 0.490. The fraction of sp³-hybridized carbons (Fsp3) is 1.00. The highest BCUT2D eigenvalue weighted by Crippen LogP contribution is 1.93. The summed E-state index contributed by atoms with van der Waals surface area (Å²) < 4.78 is 17.9. The quantitative estimate of drug-likeness (QED) is 0.607. The topological polar surface area (TPSA) is 53.0 Å². The lowest BCUT2D eigenvalue weighted by molar-refractivity contribution is 0.650. The van der Waals surface area contributed by atoms with Crippen LogP contribution >= 0.6 is 24.8 Å². The van der Waals surface area contributed by atoms with Crippen LogP contribution in [0.5, 0.6) is 0 Å². The minimum Gasteiger partial charge on any atom is -0.315 e. The van der Waals surface area contributed by atoms with Gasteiger partial charge >= 0.3 is 0 Å². The van der Waals surface area contributed by atoms with Gasteiger partial charge in [0.2, 0.25) is 0 Å². The summed E-state index contributed by atoms with van der Waals surface area (Å²) in [5.41, 5.74) is 0. The van der Waals surface area contributed by atoms with Crippen molar-refractivity contribution >= 4 is 34.5 Å². The zero-order valence-corrected chi connectivity index (χ0v) is 7.91. The Morgan fingerprint density at radius 3 is 1.80 bits per heavy atom. The van der Waals surface area contributed by atoms with Gasteiger partial charge in [-0.1, -0.05) is 0 Å². The average molecular weight is 207 g/mol. The first-order valence-electron chi connectivity index (χ1n) is 2.66. The molecule has 64 valence electrons. The summed E-state index contributed by atoms with van der Waals surface area (Å²) >= 11 is 0. The van der Waals surface area contributed by atoms with E-state index < -0.39 is 9.73 Å². The van der Waals surface area contributed by atoms with Crippen LogP contribution in [-0.4, -0.2) is 28.8 Å². The summed E-state index contributed by atoms with van der Waals surface area (Å²) in [6, 6.07) is 0. The molecule has 1 saturated heterocycles. The molecule has 6 heteroatoms. The molecule has 0 aromatic carbocycles. The van der Waals surface area contributed by atoms with Crippen molar-refractivity contribution in [3.8, 4) is 0 Å². The fourth-order valence-electron chi connectivity index (χ4n) is 0.701. The molecule has 0 radical (unpaired) electrons. The second-order valence-corrected chi connectivity index (χ2v) is 4.41. The highest BCUT2D eigenvalue weighted by molar-refractivity contribution is 7.92. The molecule has 0 aromatic heterocycles. The van der Waals surface area contributed by atoms with Crippen molar-refractivity contribution in [2.75, 3.05) is 24.6 Å². The van der Waals surface area contributed by atoms with Crippen molar-refractivity contribution in [3.63, 3.8) is 0 Å². The Morgan fingerprint density at radius 2 is 1.60 bits per heavy atom. The van der Waals surface area contributed by atoms with Crippen LogP contribution in [0.4, 0.5) is 0 Å². The van der Waals surface area contributed by atoms with Gasteiger partial charge in [-0.15, -0.1) is 24.8 Å². The van der Waals surface area contributed by atoms with Crippen molar-refractivity contribution in [1.82, 2.24) is 5.32 Å². The first-order valence-corrected chi connectivity index (χ1v) is 4.55. The monoisotopic (exact) mass is 206 g/mol. The lowest BCUT2D eigenvalue weighted by Crippen LogP contribution is -2.35. The molecule has 0 unspecified atom stereocenters. The van der Waals surface area contributed by atoms with E-state index in [1.165, 1.54) is 0 Å². The van der Waals surface area contributed by atoms with Gasteiger partial charge in [0.05, 0.1) is 0 Å². The third kappa shape index (κ3) is 4.33. The molecule has 10 heavy (non-hydrogen) atoms. The van der Waals surface area contributed by atoms with E-state index in [1.54, 1.807) is 0 Å². The number of rotatable bonds is 0. The molecule has 0 aromatic rings. The van der Waals surface area contributed by atoms with Gasteiger partial charge in [-0.3, -0.25) is 4.78 Å². The molecule has 1 aliphatic rings. The molecule has 1 heterocycles. The van der Waals surface area contributed by atoms with Crippen molar-refractivity contribution < 1.29 is 4.21 Å². The standard InChI is InChI=1S/C4H10N2OS.2ClH/c5-8(7)3-1-6-2-4-8;;/h5-6H,1-4H2;2*1H. The Balaban J connectivity index is 0. The minimum atomic E-state index is -2.15. The fourth-order valence-corrected chi connectivity index (χ4v) is 1.85. The van der Waals surface area contributed by atoms with Gasteiger partial charge in [0.25, 0.3) is 0 Å². The molecule has 1 rings (SSSR count). The van der Waals surface area contributed by atoms with E-state index >= 15 is 0 Å². The van der Waals surface area contributed by atoms with Crippen molar-refractivity contribution in [3.05, 3.63) is 0 Å². The predicted octanol–water partition coefficient (Wildman–Crippen LogP) is 0.480. The normalized spacial score (nSPS) is 22.0. The highest BCUT2D eigenvalue weighted by Gasteiger charge is 2.09. The smallest absolute Gasteiger partial charge is 0.0466 e. The maximum atomic E-state index is 10.8. The van der Waals surface area contributed by atoms with Crippen LogP contribution in [-0.2, 0) is 9.73 Å². The summed E-state index contributed by atoms with van der Waals surface area (Å²) in [4.78, 5) is 0. The van der Waals surface area contributed by atoms with E-state index in [9.17, 15) is 4.21 Å². The zero-order valence-electron chi connectivity index (χ0n) is 5.46. The average Bonchev–Trinajstić information content (AvgIpc) is 1.65. The number of nitrogens with one attached hydrogen (secondary N) is 2. The van der Waals surface area contributed by atoms with E-state index in [0.29, 0.717) is 11.5 Å². The third-order valence-electron chi connectivity index (χ3n) is 1.22. The lowest BCUT2D eigenvalue weighted by atomic mass is 10.6. The van der Waals surface area contributed by atoms with Crippen molar-refractivity contribution in [2.24, 2.45) is 0 Å². The van der Waals surface area contributed by atoms with Crippen LogP contribution in [0.25, 0.3) is 0 Å². The van der Waals surface area contributed by atoms with Crippen LogP contribution in [0.3, 0.4) is 0 Å². The first-order chi connectivity index (χ1) is 3.71. The molecule has 0 bridgehead atoms. The van der Waals surface area contributed by atoms with E-state index in [1.807, 2.05) is 0 Å². The predicted molar refractivity (Wildman–Crippen MR) is 48.0 cm³/mol. The summed E-state index contributed by atoms with van der Waals surface area (Å²) in [5.74, 6) is 1.07. The third-order valence-corrected chi connectivity index (χ3v) is 2.94. The Kier molecular flexibility index (Phi) is 6.79. The lowest BCUT2D eigenvalue weighted by Gasteiger charge is -2.13. The van der Waals surface area contributed by atoms with Crippen LogP contribution in [0.2, 0.25) is 0 Å². The molecule has 0 aliphatic carbocycles. The van der Waals surface area contributed by atoms with Gasteiger partial charge < -0.3 is 5.32 Å². The maximum absolute atomic E-state index is 10.8. The van der Waals surface area contributed by atoms with Gasteiger partial charge in [0.1, 0.15) is 0 Å². The zero-order chi connectivity index (χ0) is 6.04. The van der Waals surface area contributed by atoms with E-state index in [2.05, 4.69) is 5.32 Å². The largest absolute Gasteiger partial charge is 0.315 e. The Labute approximate surface area is 73.8 Å². The van der Waals surface area contributed by atoms with Gasteiger partial charge in [-0.05, 0) is 0 Å². The number of hydrogen-bond donors (Lipinski definition) is 2. The SMILES string of the molecule is Cl.Cl.N=S1(=O)CCNCC1. The summed E-state index contributed by atoms with van der Waals surface area (Å²) in [5, 5.41) is 3.04. The second-order valence-electron chi connectivity index (χ2n) is 1.97. The summed E-state index contributed by atoms with van der Waals surface area (Å²) in [6.07, 6.45) is 0. The maximum Gasteiger partial charge on any atom is 0.0466 e. The van der Waals surface area contributed by atoms with E-state index in [-0.39, 0.29) is 24.8 Å². The molecular weight excluding hydrogens is 195 g/mol. The van der Waals surface area contributed by atoms with Crippen LogP contribution in [0.15, 0.2) is 0 Å². The molecular formula is C4H12Cl2N2OS. The molecule has 3 nitrogen and oxygen atoms in total. The van der Waals surface area contributed by atoms with Crippen LogP contribution < -0.4 is 5.32 Å². The van der Waals surface area contributed by atoms with Crippen LogP contribution in [0, 0.1) is 4.78 Å². The molecule has 0 amide bonds. The van der Waals surface area contributed by atoms with Crippen molar-refractivity contribution in [1.29, 1.82) is 4.78 Å². The van der Waals surface area contributed by atoms with Crippen molar-refractivity contribution in [2.45, 2.75) is 0 Å². The van der Waals surface area contributed by atoms with Gasteiger partial charge in [-0.2, -0.15) is 0 Å². The Morgan fingerprint density at radius 1 is 1.20 bits per heavy atom. The first kappa shape index (κ1) is 13.1. The molecule has 2 N–H and O–H groups in total. The molecule has 0 atom stereocenters. The molecule has 1 aliphatic heterocycles. The Bertz CT molecular complexity index is 156. The van der Waals surface area contributed by atoms with E-state index in [4.69, 9.17) is 4.78 Å². The minimum absolute atomic E-state index is 0. The highest BCUT2D eigenvalue weighted by atomic mass is 35.5. The molecule has 0 saturated carbocycles. The number of halogens is 2. The van der Waals surface area contributed by atoms with Gasteiger partial charge in [0.15, 0.2) is 0 Å². The van der Waals surface area contributed by atoms with Gasteiger partial charge in [0, 0.05) is 34.3 Å². The van der Waals surface area contributed by atoms with E-state index in [0.717, 1.165) is 13.1 Å². The number of hydrogen-bond acceptors (Lipinski definition) is 3. The van der Waals surface area contributed by atoms with Gasteiger partial charge in [-0.25, -0.2) is 4.21 Å². The summed E-state index contributed by atoms with van der Waals surface area (Å²) in [6.45, 7) is 1.50. The molecule has 1 fully saturated rings. The second kappa shape index (κ2) is 5.18.